The molecule has 0 aliphatic heterocycles. The van der Waals surface area contributed by atoms with Gasteiger partial charge in [-0.05, 0) is 30.0 Å². The summed E-state index contributed by atoms with van der Waals surface area (Å²) in [5.41, 5.74) is 8.72. The summed E-state index contributed by atoms with van der Waals surface area (Å²) in [5, 5.41) is 0. The fraction of sp³-hybridized carbons (Fsp3) is 0.571. The van der Waals surface area contributed by atoms with Gasteiger partial charge in [0.25, 0.3) is 0 Å². The molecular weight excluding hydrogens is 196 g/mol. The monoisotopic (exact) mass is 220 g/mol. The largest absolute Gasteiger partial charge is 0.378 e. The second-order valence-electron chi connectivity index (χ2n) is 4.73. The fourth-order valence-electron chi connectivity index (χ4n) is 1.91. The van der Waals surface area contributed by atoms with Crippen LogP contribution >= 0.6 is 0 Å². The van der Waals surface area contributed by atoms with Crippen LogP contribution in [0.4, 0.5) is 5.69 Å². The summed E-state index contributed by atoms with van der Waals surface area (Å²) in [7, 11) is 4.11. The van der Waals surface area contributed by atoms with Crippen molar-refractivity contribution in [3.63, 3.8) is 0 Å². The highest BCUT2D eigenvalue weighted by Crippen LogP contribution is 2.23. The van der Waals surface area contributed by atoms with E-state index in [2.05, 4.69) is 57.1 Å². The lowest BCUT2D eigenvalue weighted by Crippen LogP contribution is -2.26. The van der Waals surface area contributed by atoms with Crippen LogP contribution < -0.4 is 10.6 Å². The van der Waals surface area contributed by atoms with Crippen molar-refractivity contribution in [2.24, 2.45) is 5.73 Å². The van der Waals surface area contributed by atoms with E-state index in [1.54, 1.807) is 0 Å². The summed E-state index contributed by atoms with van der Waals surface area (Å²) < 4.78 is 0. The van der Waals surface area contributed by atoms with E-state index in [0.29, 0.717) is 5.92 Å². The minimum Gasteiger partial charge on any atom is -0.378 e. The van der Waals surface area contributed by atoms with Crippen LogP contribution in [-0.4, -0.2) is 20.1 Å². The molecule has 16 heavy (non-hydrogen) atoms. The van der Waals surface area contributed by atoms with Crippen LogP contribution in [0.3, 0.4) is 0 Å². The predicted octanol–water partition coefficient (Wildman–Crippen LogP) is 2.98. The molecule has 2 atom stereocenters. The van der Waals surface area contributed by atoms with Crippen molar-refractivity contribution in [1.29, 1.82) is 0 Å². The van der Waals surface area contributed by atoms with Crippen LogP contribution in [0.25, 0.3) is 0 Å². The molecule has 1 aromatic carbocycles. The number of nitrogens with two attached hydrogens (primary N) is 1. The molecule has 0 aliphatic carbocycles. The average molecular weight is 220 g/mol. The van der Waals surface area contributed by atoms with Gasteiger partial charge in [0.2, 0.25) is 0 Å². The van der Waals surface area contributed by atoms with E-state index >= 15 is 0 Å². The van der Waals surface area contributed by atoms with Gasteiger partial charge in [-0.25, -0.2) is 0 Å². The van der Waals surface area contributed by atoms with Crippen molar-refractivity contribution in [1.82, 2.24) is 0 Å². The zero-order valence-corrected chi connectivity index (χ0v) is 10.9. The van der Waals surface area contributed by atoms with E-state index in [1.807, 2.05) is 0 Å². The van der Waals surface area contributed by atoms with E-state index in [0.717, 1.165) is 12.8 Å². The van der Waals surface area contributed by atoms with Crippen molar-refractivity contribution < 1.29 is 0 Å². The summed E-state index contributed by atoms with van der Waals surface area (Å²) in [6.45, 7) is 4.40. The molecule has 0 radical (unpaired) electrons. The van der Waals surface area contributed by atoms with Gasteiger partial charge in [-0.3, -0.25) is 0 Å². The van der Waals surface area contributed by atoms with Crippen LogP contribution in [0.5, 0.6) is 0 Å². The maximum absolute atomic E-state index is 6.15. The molecular formula is C14H24N2. The predicted molar refractivity (Wildman–Crippen MR) is 72.1 cm³/mol. The third-order valence-corrected chi connectivity index (χ3v) is 3.20. The van der Waals surface area contributed by atoms with Crippen molar-refractivity contribution in [3.8, 4) is 0 Å². The average Bonchev–Trinajstić information content (AvgIpc) is 2.28. The maximum atomic E-state index is 6.15. The van der Waals surface area contributed by atoms with Crippen LogP contribution in [0, 0.1) is 0 Å². The third kappa shape index (κ3) is 3.24. The number of anilines is 1. The Bertz CT molecular complexity index is 303. The Balaban J connectivity index is 2.73. The van der Waals surface area contributed by atoms with Gasteiger partial charge in [0.15, 0.2) is 0 Å². The molecule has 1 rings (SSSR count). The lowest BCUT2D eigenvalue weighted by molar-refractivity contribution is 0.522. The van der Waals surface area contributed by atoms with Gasteiger partial charge in [0, 0.05) is 25.8 Å². The molecule has 0 aliphatic rings. The first-order chi connectivity index (χ1) is 7.56. The zero-order valence-electron chi connectivity index (χ0n) is 10.9. The molecule has 0 aromatic heterocycles. The molecule has 2 unspecified atom stereocenters. The van der Waals surface area contributed by atoms with E-state index in [1.165, 1.54) is 11.3 Å². The zero-order chi connectivity index (χ0) is 12.1. The summed E-state index contributed by atoms with van der Waals surface area (Å²) in [6, 6.07) is 8.97. The highest BCUT2D eigenvalue weighted by atomic mass is 15.1. The molecule has 0 spiro atoms. The molecule has 2 N–H and O–H groups in total. The second-order valence-corrected chi connectivity index (χ2v) is 4.73. The van der Waals surface area contributed by atoms with E-state index in [-0.39, 0.29) is 6.04 Å². The Morgan fingerprint density at radius 2 is 1.75 bits per heavy atom. The fourth-order valence-corrected chi connectivity index (χ4v) is 1.91. The van der Waals surface area contributed by atoms with Crippen LogP contribution in [0.1, 0.15) is 38.2 Å². The molecule has 0 saturated heterocycles. The highest BCUT2D eigenvalue weighted by molar-refractivity contribution is 5.46. The van der Waals surface area contributed by atoms with Gasteiger partial charge in [-0.1, -0.05) is 32.4 Å². The van der Waals surface area contributed by atoms with Crippen LogP contribution in [-0.2, 0) is 0 Å². The number of hydrogen-bond donors (Lipinski definition) is 1. The van der Waals surface area contributed by atoms with Gasteiger partial charge in [0.05, 0.1) is 0 Å². The standard InChI is InChI=1S/C14H24N2/c1-5-6-14(15)11(2)12-7-9-13(10-8-12)16(3)4/h7-11,14H,5-6,15H2,1-4H3. The Morgan fingerprint density at radius 3 is 2.19 bits per heavy atom. The normalized spacial score (nSPS) is 14.6. The van der Waals surface area contributed by atoms with Crippen LogP contribution in [0.15, 0.2) is 24.3 Å². The first-order valence-electron chi connectivity index (χ1n) is 6.09. The second kappa shape index (κ2) is 5.90. The van der Waals surface area contributed by atoms with E-state index < -0.39 is 0 Å². The number of nitrogens with zero attached hydrogens (tertiary/aromatic N) is 1. The first kappa shape index (κ1) is 13.0. The minimum absolute atomic E-state index is 0.273. The summed E-state index contributed by atoms with van der Waals surface area (Å²) in [5.74, 6) is 0.441. The van der Waals surface area contributed by atoms with E-state index in [4.69, 9.17) is 5.73 Å². The molecule has 90 valence electrons. The van der Waals surface area contributed by atoms with Crippen molar-refractivity contribution in [3.05, 3.63) is 29.8 Å². The van der Waals surface area contributed by atoms with Crippen molar-refractivity contribution in [2.45, 2.75) is 38.6 Å². The molecule has 0 bridgehead atoms. The highest BCUT2D eigenvalue weighted by Gasteiger charge is 2.13. The Labute approximate surface area is 99.5 Å². The number of rotatable bonds is 5. The van der Waals surface area contributed by atoms with Gasteiger partial charge in [0.1, 0.15) is 0 Å². The molecule has 2 heteroatoms. The Kier molecular flexibility index (Phi) is 4.81. The first-order valence-corrected chi connectivity index (χ1v) is 6.09. The van der Waals surface area contributed by atoms with Crippen molar-refractivity contribution >= 4 is 5.69 Å². The number of hydrogen-bond acceptors (Lipinski definition) is 2. The quantitative estimate of drug-likeness (QED) is 0.826. The minimum atomic E-state index is 0.273. The van der Waals surface area contributed by atoms with Crippen LogP contribution in [0.2, 0.25) is 0 Å². The Morgan fingerprint density at radius 1 is 1.19 bits per heavy atom. The lowest BCUT2D eigenvalue weighted by atomic mass is 9.91. The topological polar surface area (TPSA) is 29.3 Å². The van der Waals surface area contributed by atoms with Gasteiger partial charge in [-0.15, -0.1) is 0 Å². The molecule has 2 nitrogen and oxygen atoms in total. The molecule has 0 saturated carbocycles. The van der Waals surface area contributed by atoms with Gasteiger partial charge < -0.3 is 10.6 Å². The van der Waals surface area contributed by atoms with Gasteiger partial charge >= 0.3 is 0 Å². The van der Waals surface area contributed by atoms with Gasteiger partial charge in [-0.2, -0.15) is 0 Å². The summed E-state index contributed by atoms with van der Waals surface area (Å²) in [6.07, 6.45) is 2.25. The Hall–Kier alpha value is -1.02. The van der Waals surface area contributed by atoms with Crippen molar-refractivity contribution in [2.75, 3.05) is 19.0 Å². The number of benzene rings is 1. The third-order valence-electron chi connectivity index (χ3n) is 3.20. The maximum Gasteiger partial charge on any atom is 0.0361 e. The molecule has 0 amide bonds. The lowest BCUT2D eigenvalue weighted by Gasteiger charge is -2.21. The SMILES string of the molecule is CCCC(N)C(C)c1ccc(N(C)C)cc1. The molecule has 1 aromatic rings. The van der Waals surface area contributed by atoms with E-state index in [9.17, 15) is 0 Å². The summed E-state index contributed by atoms with van der Waals surface area (Å²) in [4.78, 5) is 2.11. The smallest absolute Gasteiger partial charge is 0.0361 e. The molecule has 0 heterocycles. The summed E-state index contributed by atoms with van der Waals surface area (Å²) >= 11 is 0. The molecule has 0 fully saturated rings.